The van der Waals surface area contributed by atoms with Crippen LogP contribution in [0.3, 0.4) is 0 Å². The van der Waals surface area contributed by atoms with Gasteiger partial charge in [0.25, 0.3) is 0 Å². The summed E-state index contributed by atoms with van der Waals surface area (Å²) in [6.45, 7) is 3.43. The Morgan fingerprint density at radius 3 is 2.27 bits per heavy atom. The SMILES string of the molecule is CC(=O)Oc1ccc(C/C=C(/CO)c2ccc(C)cc2)cc1. The monoisotopic (exact) mass is 296 g/mol. The number of esters is 1. The summed E-state index contributed by atoms with van der Waals surface area (Å²) in [6.07, 6.45) is 2.73. The smallest absolute Gasteiger partial charge is 0.308 e. The van der Waals surface area contributed by atoms with Gasteiger partial charge in [-0.3, -0.25) is 4.79 Å². The van der Waals surface area contributed by atoms with Crippen molar-refractivity contribution in [3.05, 3.63) is 71.3 Å². The van der Waals surface area contributed by atoms with Gasteiger partial charge in [0.15, 0.2) is 0 Å². The van der Waals surface area contributed by atoms with Gasteiger partial charge in [-0.05, 0) is 42.2 Å². The van der Waals surface area contributed by atoms with Crippen molar-refractivity contribution in [3.8, 4) is 5.75 Å². The third kappa shape index (κ3) is 4.57. The van der Waals surface area contributed by atoms with Crippen LogP contribution in [0, 0.1) is 6.92 Å². The molecule has 0 heterocycles. The molecule has 0 saturated heterocycles. The van der Waals surface area contributed by atoms with Crippen LogP contribution in [0.4, 0.5) is 0 Å². The Kier molecular flexibility index (Phi) is 5.50. The van der Waals surface area contributed by atoms with Crippen molar-refractivity contribution in [2.24, 2.45) is 0 Å². The number of aliphatic hydroxyl groups is 1. The molecule has 0 spiro atoms. The molecule has 0 aliphatic carbocycles. The topological polar surface area (TPSA) is 46.5 Å². The summed E-state index contributed by atoms with van der Waals surface area (Å²) in [5.74, 6) is 0.218. The van der Waals surface area contributed by atoms with E-state index in [0.29, 0.717) is 12.2 Å². The Bertz CT molecular complexity index is 652. The zero-order valence-corrected chi connectivity index (χ0v) is 12.9. The Balaban J connectivity index is 2.08. The van der Waals surface area contributed by atoms with Crippen LogP contribution in [0.5, 0.6) is 5.75 Å². The zero-order valence-electron chi connectivity index (χ0n) is 12.9. The molecule has 0 saturated carbocycles. The van der Waals surface area contributed by atoms with E-state index in [1.54, 1.807) is 12.1 Å². The Hall–Kier alpha value is -2.39. The largest absolute Gasteiger partial charge is 0.427 e. The summed E-state index contributed by atoms with van der Waals surface area (Å²) in [4.78, 5) is 10.9. The normalized spacial score (nSPS) is 11.3. The number of benzene rings is 2. The van der Waals surface area contributed by atoms with Crippen LogP contribution in [0.15, 0.2) is 54.6 Å². The predicted molar refractivity (Wildman–Crippen MR) is 87.7 cm³/mol. The van der Waals surface area contributed by atoms with E-state index in [1.165, 1.54) is 12.5 Å². The fourth-order valence-corrected chi connectivity index (χ4v) is 2.14. The summed E-state index contributed by atoms with van der Waals surface area (Å²) in [5, 5.41) is 9.54. The molecule has 0 unspecified atom stereocenters. The molecule has 0 aliphatic heterocycles. The quantitative estimate of drug-likeness (QED) is 0.678. The molecule has 0 fully saturated rings. The van der Waals surface area contributed by atoms with Gasteiger partial charge in [0.05, 0.1) is 6.61 Å². The fraction of sp³-hybridized carbons (Fsp3) is 0.211. The number of hydrogen-bond donors (Lipinski definition) is 1. The third-order valence-corrected chi connectivity index (χ3v) is 3.36. The molecule has 0 aromatic heterocycles. The van der Waals surface area contributed by atoms with Crippen molar-refractivity contribution in [2.75, 3.05) is 6.61 Å². The number of carbonyl (C=O) groups is 1. The summed E-state index contributed by atoms with van der Waals surface area (Å²) in [5.41, 5.74) is 4.23. The van der Waals surface area contributed by atoms with Crippen molar-refractivity contribution >= 4 is 11.5 Å². The summed E-state index contributed by atoms with van der Waals surface area (Å²) < 4.78 is 5.00. The molecule has 0 radical (unpaired) electrons. The summed E-state index contributed by atoms with van der Waals surface area (Å²) in [6, 6.07) is 15.5. The van der Waals surface area contributed by atoms with Crippen LogP contribution in [-0.2, 0) is 11.2 Å². The van der Waals surface area contributed by atoms with E-state index in [2.05, 4.69) is 0 Å². The molecule has 0 atom stereocenters. The van der Waals surface area contributed by atoms with E-state index >= 15 is 0 Å². The van der Waals surface area contributed by atoms with Gasteiger partial charge >= 0.3 is 5.97 Å². The summed E-state index contributed by atoms with van der Waals surface area (Å²) >= 11 is 0. The first-order chi connectivity index (χ1) is 10.6. The van der Waals surface area contributed by atoms with Gasteiger partial charge < -0.3 is 9.84 Å². The Morgan fingerprint density at radius 1 is 1.09 bits per heavy atom. The van der Waals surface area contributed by atoms with E-state index < -0.39 is 0 Å². The standard InChI is InChI=1S/C19H20O3/c1-14-3-8-17(9-4-14)18(13-20)10-5-16-6-11-19(12-7-16)22-15(2)21/h3-4,6-12,20H,5,13H2,1-2H3/b18-10-. The number of allylic oxidation sites excluding steroid dienone is 1. The molecule has 1 N–H and O–H groups in total. The maximum absolute atomic E-state index is 10.9. The minimum Gasteiger partial charge on any atom is -0.427 e. The Morgan fingerprint density at radius 2 is 1.73 bits per heavy atom. The second kappa shape index (κ2) is 7.57. The number of ether oxygens (including phenoxy) is 1. The molecule has 3 nitrogen and oxygen atoms in total. The van der Waals surface area contributed by atoms with Gasteiger partial charge in [-0.25, -0.2) is 0 Å². The van der Waals surface area contributed by atoms with E-state index in [9.17, 15) is 9.90 Å². The highest BCUT2D eigenvalue weighted by Gasteiger charge is 2.01. The maximum atomic E-state index is 10.9. The molecule has 2 aromatic rings. The van der Waals surface area contributed by atoms with E-state index in [-0.39, 0.29) is 12.6 Å². The number of rotatable bonds is 5. The van der Waals surface area contributed by atoms with Crippen molar-refractivity contribution in [1.82, 2.24) is 0 Å². The number of hydrogen-bond acceptors (Lipinski definition) is 3. The molecule has 2 aromatic carbocycles. The highest BCUT2D eigenvalue weighted by Crippen LogP contribution is 2.17. The second-order valence-corrected chi connectivity index (χ2v) is 5.20. The number of carbonyl (C=O) groups excluding carboxylic acids is 1. The maximum Gasteiger partial charge on any atom is 0.308 e. The first-order valence-corrected chi connectivity index (χ1v) is 7.23. The van der Waals surface area contributed by atoms with Crippen molar-refractivity contribution in [2.45, 2.75) is 20.3 Å². The van der Waals surface area contributed by atoms with E-state index in [1.807, 2.05) is 49.4 Å². The molecule has 3 heteroatoms. The third-order valence-electron chi connectivity index (χ3n) is 3.36. The van der Waals surface area contributed by atoms with Crippen molar-refractivity contribution < 1.29 is 14.6 Å². The number of aliphatic hydroxyl groups excluding tert-OH is 1. The van der Waals surface area contributed by atoms with E-state index in [0.717, 1.165) is 16.7 Å². The molecule has 0 bridgehead atoms. The second-order valence-electron chi connectivity index (χ2n) is 5.20. The molecule has 114 valence electrons. The minimum atomic E-state index is -0.324. The lowest BCUT2D eigenvalue weighted by atomic mass is 10.0. The van der Waals surface area contributed by atoms with E-state index in [4.69, 9.17) is 4.74 Å². The van der Waals surface area contributed by atoms with Crippen LogP contribution in [0.1, 0.15) is 23.6 Å². The lowest BCUT2D eigenvalue weighted by molar-refractivity contribution is -0.131. The molecule has 0 amide bonds. The van der Waals surface area contributed by atoms with Crippen LogP contribution in [-0.4, -0.2) is 17.7 Å². The van der Waals surface area contributed by atoms with Gasteiger partial charge in [0, 0.05) is 6.92 Å². The van der Waals surface area contributed by atoms with Crippen LogP contribution < -0.4 is 4.74 Å². The summed E-state index contributed by atoms with van der Waals surface area (Å²) in [7, 11) is 0. The molecule has 0 aliphatic rings. The average Bonchev–Trinajstić information content (AvgIpc) is 2.50. The molecular weight excluding hydrogens is 276 g/mol. The Labute approximate surface area is 130 Å². The molecule has 22 heavy (non-hydrogen) atoms. The van der Waals surface area contributed by atoms with Gasteiger partial charge in [0.1, 0.15) is 5.75 Å². The first kappa shape index (κ1) is 16.0. The lowest BCUT2D eigenvalue weighted by Crippen LogP contribution is -2.01. The zero-order chi connectivity index (χ0) is 15.9. The predicted octanol–water partition coefficient (Wildman–Crippen LogP) is 3.54. The van der Waals surface area contributed by atoms with Crippen molar-refractivity contribution in [1.29, 1.82) is 0 Å². The molecular formula is C19H20O3. The van der Waals surface area contributed by atoms with Crippen LogP contribution in [0.2, 0.25) is 0 Å². The molecule has 2 rings (SSSR count). The van der Waals surface area contributed by atoms with Gasteiger partial charge in [0.2, 0.25) is 0 Å². The van der Waals surface area contributed by atoms with Gasteiger partial charge in [-0.2, -0.15) is 0 Å². The highest BCUT2D eigenvalue weighted by molar-refractivity contribution is 5.69. The highest BCUT2D eigenvalue weighted by atomic mass is 16.5. The average molecular weight is 296 g/mol. The van der Waals surface area contributed by atoms with Crippen LogP contribution in [0.25, 0.3) is 5.57 Å². The number of aryl methyl sites for hydroxylation is 1. The lowest BCUT2D eigenvalue weighted by Gasteiger charge is -2.06. The minimum absolute atomic E-state index is 0.00852. The first-order valence-electron chi connectivity index (χ1n) is 7.23. The van der Waals surface area contributed by atoms with Crippen LogP contribution >= 0.6 is 0 Å². The fourth-order valence-electron chi connectivity index (χ4n) is 2.14. The van der Waals surface area contributed by atoms with Gasteiger partial charge in [-0.1, -0.05) is 48.0 Å². The van der Waals surface area contributed by atoms with Crippen molar-refractivity contribution in [3.63, 3.8) is 0 Å². The van der Waals surface area contributed by atoms with Gasteiger partial charge in [-0.15, -0.1) is 0 Å².